The zero-order valence-corrected chi connectivity index (χ0v) is 15.1. The monoisotopic (exact) mass is 354 g/mol. The van der Waals surface area contributed by atoms with Gasteiger partial charge in [0.05, 0.1) is 6.20 Å². The Labute approximate surface area is 153 Å². The molecule has 2 aromatic rings. The molecule has 1 aliphatic carbocycles. The van der Waals surface area contributed by atoms with Gasteiger partial charge in [-0.25, -0.2) is 4.79 Å². The molecular formula is C20H26N4O2. The Balaban J connectivity index is 1.31. The van der Waals surface area contributed by atoms with Gasteiger partial charge in [-0.1, -0.05) is 37.5 Å². The minimum absolute atomic E-state index is 0.0776. The maximum Gasteiger partial charge on any atom is 0.317 e. The Bertz CT molecular complexity index is 747. The van der Waals surface area contributed by atoms with Gasteiger partial charge in [0.1, 0.15) is 6.10 Å². The molecular weight excluding hydrogens is 328 g/mol. The first-order valence-corrected chi connectivity index (χ1v) is 9.72. The van der Waals surface area contributed by atoms with Gasteiger partial charge in [0.25, 0.3) is 0 Å². The molecule has 2 amide bonds. The fraction of sp³-hybridized carbons (Fsp3) is 0.550. The third-order valence-electron chi connectivity index (χ3n) is 5.48. The second-order valence-electron chi connectivity index (χ2n) is 7.33. The van der Waals surface area contributed by atoms with Gasteiger partial charge in [-0.2, -0.15) is 5.10 Å². The Morgan fingerprint density at radius 1 is 1.08 bits per heavy atom. The highest BCUT2D eigenvalue weighted by molar-refractivity contribution is 5.85. The van der Waals surface area contributed by atoms with Crippen LogP contribution >= 0.6 is 0 Å². The summed E-state index contributed by atoms with van der Waals surface area (Å²) in [5, 5.41) is 13.4. The minimum atomic E-state index is 0.0776. The number of fused-ring (bicyclic) bond motifs is 1. The van der Waals surface area contributed by atoms with Crippen LogP contribution in [-0.4, -0.2) is 46.4 Å². The Kier molecular flexibility index (Phi) is 5.18. The molecule has 2 fully saturated rings. The summed E-state index contributed by atoms with van der Waals surface area (Å²) >= 11 is 0. The van der Waals surface area contributed by atoms with Crippen LogP contribution in [0.3, 0.4) is 0 Å². The number of piperidine rings is 1. The van der Waals surface area contributed by atoms with E-state index in [0.29, 0.717) is 11.9 Å². The molecule has 0 atom stereocenters. The molecule has 0 spiro atoms. The Hall–Kier alpha value is -2.37. The molecule has 2 aliphatic rings. The lowest BCUT2D eigenvalue weighted by molar-refractivity contribution is 0.106. The molecule has 26 heavy (non-hydrogen) atoms. The maximum absolute atomic E-state index is 12.5. The van der Waals surface area contributed by atoms with Gasteiger partial charge >= 0.3 is 6.03 Å². The van der Waals surface area contributed by atoms with E-state index in [-0.39, 0.29) is 12.1 Å². The Morgan fingerprint density at radius 3 is 2.65 bits per heavy atom. The minimum Gasteiger partial charge on any atom is -0.473 e. The summed E-state index contributed by atoms with van der Waals surface area (Å²) < 4.78 is 6.11. The second-order valence-corrected chi connectivity index (χ2v) is 7.33. The van der Waals surface area contributed by atoms with Crippen molar-refractivity contribution in [3.8, 4) is 5.88 Å². The van der Waals surface area contributed by atoms with Crippen LogP contribution in [-0.2, 0) is 0 Å². The predicted octanol–water partition coefficient (Wildman–Crippen LogP) is 3.52. The van der Waals surface area contributed by atoms with Gasteiger partial charge in [0.15, 0.2) is 0 Å². The van der Waals surface area contributed by atoms with Crippen LogP contribution in [0.4, 0.5) is 4.79 Å². The number of rotatable bonds is 3. The molecule has 1 aromatic heterocycles. The molecule has 1 saturated carbocycles. The van der Waals surface area contributed by atoms with Crippen molar-refractivity contribution in [2.45, 2.75) is 57.1 Å². The fourth-order valence-corrected chi connectivity index (χ4v) is 3.94. The van der Waals surface area contributed by atoms with Crippen molar-refractivity contribution in [1.29, 1.82) is 0 Å². The molecule has 1 aromatic carbocycles. The van der Waals surface area contributed by atoms with Gasteiger partial charge in [0.2, 0.25) is 5.88 Å². The first kappa shape index (κ1) is 17.1. The summed E-state index contributed by atoms with van der Waals surface area (Å²) in [6.45, 7) is 1.45. The number of nitrogens with one attached hydrogen (secondary N) is 1. The van der Waals surface area contributed by atoms with E-state index in [2.05, 4.69) is 15.5 Å². The lowest BCUT2D eigenvalue weighted by atomic mass is 9.96. The number of benzene rings is 1. The smallest absolute Gasteiger partial charge is 0.317 e. The van der Waals surface area contributed by atoms with Gasteiger partial charge in [-0.05, 0) is 18.9 Å². The molecule has 4 rings (SSSR count). The van der Waals surface area contributed by atoms with E-state index in [4.69, 9.17) is 4.74 Å². The summed E-state index contributed by atoms with van der Waals surface area (Å²) in [4.78, 5) is 14.4. The average molecular weight is 354 g/mol. The lowest BCUT2D eigenvalue weighted by Crippen LogP contribution is -2.49. The number of aromatic nitrogens is 2. The molecule has 138 valence electrons. The number of carbonyl (C=O) groups is 1. The van der Waals surface area contributed by atoms with E-state index in [1.165, 1.54) is 19.3 Å². The fourth-order valence-electron chi connectivity index (χ4n) is 3.94. The number of hydrogen-bond acceptors (Lipinski definition) is 4. The van der Waals surface area contributed by atoms with Crippen molar-refractivity contribution in [2.75, 3.05) is 13.1 Å². The molecule has 6 heteroatoms. The summed E-state index contributed by atoms with van der Waals surface area (Å²) in [6, 6.07) is 8.42. The van der Waals surface area contributed by atoms with Gasteiger partial charge in [-0.3, -0.25) is 0 Å². The standard InChI is InChI=1S/C20H26N4O2/c25-20(22-16-7-2-1-3-8-16)24-12-10-17(11-13-24)26-19-18-9-5-4-6-15(18)14-21-23-19/h4-6,9,14,16-17H,1-3,7-8,10-13H2,(H,22,25). The molecule has 2 heterocycles. The van der Waals surface area contributed by atoms with Crippen molar-refractivity contribution in [2.24, 2.45) is 0 Å². The molecule has 1 N–H and O–H groups in total. The van der Waals surface area contributed by atoms with E-state index in [9.17, 15) is 4.79 Å². The van der Waals surface area contributed by atoms with Crippen LogP contribution in [0.2, 0.25) is 0 Å². The maximum atomic E-state index is 12.5. The van der Waals surface area contributed by atoms with Gasteiger partial charge in [0, 0.05) is 42.7 Å². The van der Waals surface area contributed by atoms with Gasteiger partial charge in [-0.15, -0.1) is 5.10 Å². The van der Waals surface area contributed by atoms with E-state index in [1.54, 1.807) is 6.20 Å². The van der Waals surface area contributed by atoms with Crippen molar-refractivity contribution < 1.29 is 9.53 Å². The van der Waals surface area contributed by atoms with E-state index < -0.39 is 0 Å². The van der Waals surface area contributed by atoms with Crippen LogP contribution in [0.15, 0.2) is 30.5 Å². The Morgan fingerprint density at radius 2 is 1.85 bits per heavy atom. The van der Waals surface area contributed by atoms with E-state index in [1.807, 2.05) is 29.2 Å². The molecule has 0 bridgehead atoms. The highest BCUT2D eigenvalue weighted by Gasteiger charge is 2.26. The molecule has 1 saturated heterocycles. The third-order valence-corrected chi connectivity index (χ3v) is 5.48. The predicted molar refractivity (Wildman–Crippen MR) is 100 cm³/mol. The highest BCUT2D eigenvalue weighted by atomic mass is 16.5. The normalized spacial score (nSPS) is 19.5. The lowest BCUT2D eigenvalue weighted by Gasteiger charge is -2.33. The van der Waals surface area contributed by atoms with Crippen LogP contribution < -0.4 is 10.1 Å². The SMILES string of the molecule is O=C(NC1CCCCC1)N1CCC(Oc2nncc3ccccc23)CC1. The summed E-state index contributed by atoms with van der Waals surface area (Å²) in [7, 11) is 0. The first-order chi connectivity index (χ1) is 12.8. The van der Waals surface area contributed by atoms with E-state index in [0.717, 1.165) is 49.5 Å². The largest absolute Gasteiger partial charge is 0.473 e. The van der Waals surface area contributed by atoms with Crippen molar-refractivity contribution in [1.82, 2.24) is 20.4 Å². The zero-order valence-electron chi connectivity index (χ0n) is 15.1. The summed E-state index contributed by atoms with van der Waals surface area (Å²) in [5.74, 6) is 0.591. The van der Waals surface area contributed by atoms with Crippen molar-refractivity contribution in [3.63, 3.8) is 0 Å². The topological polar surface area (TPSA) is 67.4 Å². The van der Waals surface area contributed by atoms with Crippen molar-refractivity contribution >= 4 is 16.8 Å². The molecule has 1 aliphatic heterocycles. The third kappa shape index (κ3) is 3.89. The van der Waals surface area contributed by atoms with E-state index >= 15 is 0 Å². The highest BCUT2D eigenvalue weighted by Crippen LogP contribution is 2.25. The van der Waals surface area contributed by atoms with Crippen LogP contribution in [0.5, 0.6) is 5.88 Å². The molecule has 6 nitrogen and oxygen atoms in total. The number of likely N-dealkylation sites (tertiary alicyclic amines) is 1. The number of amides is 2. The number of hydrogen-bond donors (Lipinski definition) is 1. The number of urea groups is 1. The number of carbonyl (C=O) groups excluding carboxylic acids is 1. The van der Waals surface area contributed by atoms with Crippen molar-refractivity contribution in [3.05, 3.63) is 30.5 Å². The number of ether oxygens (including phenoxy) is 1. The van der Waals surface area contributed by atoms with Crippen LogP contribution in [0.25, 0.3) is 10.8 Å². The van der Waals surface area contributed by atoms with Crippen LogP contribution in [0, 0.1) is 0 Å². The quantitative estimate of drug-likeness (QED) is 0.916. The first-order valence-electron chi connectivity index (χ1n) is 9.72. The summed E-state index contributed by atoms with van der Waals surface area (Å²) in [6.07, 6.45) is 9.46. The molecule has 0 radical (unpaired) electrons. The average Bonchev–Trinajstić information content (AvgIpc) is 2.70. The number of nitrogens with zero attached hydrogens (tertiary/aromatic N) is 3. The van der Waals surface area contributed by atoms with Gasteiger partial charge < -0.3 is 15.0 Å². The molecule has 0 unspecified atom stereocenters. The zero-order chi connectivity index (χ0) is 17.8. The summed E-state index contributed by atoms with van der Waals surface area (Å²) in [5.41, 5.74) is 0. The van der Waals surface area contributed by atoms with Crippen LogP contribution in [0.1, 0.15) is 44.9 Å². The second kappa shape index (κ2) is 7.89.